The largest absolute Gasteiger partial charge is 0.291 e. The van der Waals surface area contributed by atoms with E-state index < -0.39 is 5.91 Å². The number of carbonyl (C=O) groups excluding carboxylic acids is 1. The van der Waals surface area contributed by atoms with Crippen LogP contribution in [0.2, 0.25) is 10.0 Å². The number of amides is 1. The second-order valence-electron chi connectivity index (χ2n) is 5.40. The zero-order valence-corrected chi connectivity index (χ0v) is 16.5. The molecule has 0 radical (unpaired) electrons. The third-order valence-electron chi connectivity index (χ3n) is 3.45. The number of hydrogen-bond donors (Lipinski definition) is 1. The quantitative estimate of drug-likeness (QED) is 0.448. The maximum Gasteiger partial charge on any atom is 0.291 e. The van der Waals surface area contributed by atoms with Gasteiger partial charge in [0.1, 0.15) is 0 Å². The van der Waals surface area contributed by atoms with Gasteiger partial charge in [-0.2, -0.15) is 10.2 Å². The number of hydrogen-bond acceptors (Lipinski definition) is 3. The van der Waals surface area contributed by atoms with Gasteiger partial charge in [0.05, 0.1) is 22.8 Å². The van der Waals surface area contributed by atoms with E-state index >= 15 is 0 Å². The monoisotopic (exact) mass is 450 g/mol. The summed E-state index contributed by atoms with van der Waals surface area (Å²) < 4.78 is 2.71. The first-order valence-corrected chi connectivity index (χ1v) is 9.12. The average Bonchev–Trinajstić information content (AvgIpc) is 3.09. The van der Waals surface area contributed by atoms with Crippen LogP contribution in [-0.2, 0) is 6.54 Å². The summed E-state index contributed by atoms with van der Waals surface area (Å²) in [6, 6.07) is 14.6. The summed E-state index contributed by atoms with van der Waals surface area (Å²) in [4.78, 5) is 12.1. The SMILES string of the molecule is O=C(N/N=C/c1ccc(Cl)c(Cl)c1)c1ccn(Cc2ccc(Br)cc2)n1. The van der Waals surface area contributed by atoms with Crippen molar-refractivity contribution in [1.82, 2.24) is 15.2 Å². The van der Waals surface area contributed by atoms with Gasteiger partial charge >= 0.3 is 0 Å². The van der Waals surface area contributed by atoms with E-state index in [2.05, 4.69) is 31.6 Å². The molecule has 0 aliphatic carbocycles. The first-order chi connectivity index (χ1) is 12.5. The highest BCUT2D eigenvalue weighted by Gasteiger charge is 2.08. The Balaban J connectivity index is 1.59. The molecule has 0 aliphatic heterocycles. The number of carbonyl (C=O) groups is 1. The van der Waals surface area contributed by atoms with E-state index in [1.54, 1.807) is 35.1 Å². The van der Waals surface area contributed by atoms with Crippen LogP contribution in [0.5, 0.6) is 0 Å². The molecule has 26 heavy (non-hydrogen) atoms. The summed E-state index contributed by atoms with van der Waals surface area (Å²) in [6.07, 6.45) is 3.23. The number of benzene rings is 2. The lowest BCUT2D eigenvalue weighted by molar-refractivity contribution is 0.0949. The summed E-state index contributed by atoms with van der Waals surface area (Å²) in [6.45, 7) is 0.576. The van der Waals surface area contributed by atoms with Crippen LogP contribution in [0.15, 0.2) is 64.3 Å². The van der Waals surface area contributed by atoms with Gasteiger partial charge < -0.3 is 0 Å². The minimum absolute atomic E-state index is 0.286. The van der Waals surface area contributed by atoms with Gasteiger partial charge in [0.2, 0.25) is 0 Å². The zero-order valence-electron chi connectivity index (χ0n) is 13.4. The second-order valence-corrected chi connectivity index (χ2v) is 7.13. The van der Waals surface area contributed by atoms with Crippen molar-refractivity contribution >= 4 is 51.3 Å². The molecule has 1 heterocycles. The van der Waals surface area contributed by atoms with E-state index in [0.29, 0.717) is 16.6 Å². The molecule has 8 heteroatoms. The first kappa shape index (κ1) is 18.6. The first-order valence-electron chi connectivity index (χ1n) is 7.57. The molecule has 5 nitrogen and oxygen atoms in total. The Kier molecular flexibility index (Phi) is 6.08. The molecule has 0 bridgehead atoms. The molecule has 0 atom stereocenters. The number of nitrogens with zero attached hydrogens (tertiary/aromatic N) is 3. The van der Waals surface area contributed by atoms with Crippen LogP contribution in [-0.4, -0.2) is 21.9 Å². The predicted molar refractivity (Wildman–Crippen MR) is 107 cm³/mol. The molecule has 1 N–H and O–H groups in total. The average molecular weight is 452 g/mol. The fourth-order valence-corrected chi connectivity index (χ4v) is 2.73. The molecular formula is C18H13BrCl2N4O. The van der Waals surface area contributed by atoms with Crippen molar-refractivity contribution in [3.05, 3.63) is 86.1 Å². The van der Waals surface area contributed by atoms with E-state index in [1.165, 1.54) is 6.21 Å². The van der Waals surface area contributed by atoms with Gasteiger partial charge in [0.15, 0.2) is 5.69 Å². The Labute approximate surface area is 168 Å². The fourth-order valence-electron chi connectivity index (χ4n) is 2.16. The number of aromatic nitrogens is 2. The van der Waals surface area contributed by atoms with E-state index in [4.69, 9.17) is 23.2 Å². The van der Waals surface area contributed by atoms with Crippen molar-refractivity contribution in [1.29, 1.82) is 0 Å². The summed E-state index contributed by atoms with van der Waals surface area (Å²) in [5, 5.41) is 9.06. The predicted octanol–water partition coefficient (Wildman–Crippen LogP) is 4.76. The lowest BCUT2D eigenvalue weighted by Crippen LogP contribution is -2.18. The van der Waals surface area contributed by atoms with E-state index in [1.807, 2.05) is 24.3 Å². The Bertz CT molecular complexity index is 954. The van der Waals surface area contributed by atoms with Gasteiger partial charge in [-0.25, -0.2) is 5.43 Å². The van der Waals surface area contributed by atoms with Crippen LogP contribution < -0.4 is 5.43 Å². The number of halogens is 3. The van der Waals surface area contributed by atoms with Gasteiger partial charge in [0, 0.05) is 10.7 Å². The molecule has 2 aromatic carbocycles. The maximum atomic E-state index is 12.1. The maximum absolute atomic E-state index is 12.1. The number of rotatable bonds is 5. The van der Waals surface area contributed by atoms with Gasteiger partial charge in [-0.05, 0) is 41.5 Å². The molecule has 3 rings (SSSR count). The van der Waals surface area contributed by atoms with Crippen molar-refractivity contribution < 1.29 is 4.79 Å². The Morgan fingerprint density at radius 1 is 1.15 bits per heavy atom. The van der Waals surface area contributed by atoms with Gasteiger partial charge in [-0.15, -0.1) is 0 Å². The summed E-state index contributed by atoms with van der Waals surface area (Å²) in [5.74, 6) is -0.393. The second kappa shape index (κ2) is 8.49. The highest BCUT2D eigenvalue weighted by atomic mass is 79.9. The Morgan fingerprint density at radius 3 is 2.65 bits per heavy atom. The normalized spacial score (nSPS) is 11.0. The smallest absolute Gasteiger partial charge is 0.268 e. The standard InChI is InChI=1S/C18H13BrCl2N4O/c19-14-4-1-12(2-5-14)11-25-8-7-17(24-25)18(26)23-22-10-13-3-6-15(20)16(21)9-13/h1-10H,11H2,(H,23,26)/b22-10+. The van der Waals surface area contributed by atoms with Gasteiger partial charge in [-0.1, -0.05) is 57.3 Å². The fraction of sp³-hybridized carbons (Fsp3) is 0.0556. The van der Waals surface area contributed by atoms with Crippen molar-refractivity contribution in [2.45, 2.75) is 6.54 Å². The Hall–Kier alpha value is -2.15. The molecular weight excluding hydrogens is 439 g/mol. The van der Waals surface area contributed by atoms with Crippen LogP contribution in [0.3, 0.4) is 0 Å². The topological polar surface area (TPSA) is 59.3 Å². The van der Waals surface area contributed by atoms with Gasteiger partial charge in [0.25, 0.3) is 5.91 Å². The lowest BCUT2D eigenvalue weighted by atomic mass is 10.2. The molecule has 0 fully saturated rings. The van der Waals surface area contributed by atoms with Crippen molar-refractivity contribution in [2.75, 3.05) is 0 Å². The third kappa shape index (κ3) is 4.94. The number of hydrazone groups is 1. The summed E-state index contributed by atoms with van der Waals surface area (Å²) in [5.41, 5.74) is 4.53. The van der Waals surface area contributed by atoms with E-state index in [9.17, 15) is 4.79 Å². The lowest BCUT2D eigenvalue weighted by Gasteiger charge is -2.02. The molecule has 0 spiro atoms. The molecule has 0 saturated carbocycles. The zero-order chi connectivity index (χ0) is 18.5. The third-order valence-corrected chi connectivity index (χ3v) is 4.72. The van der Waals surface area contributed by atoms with Gasteiger partial charge in [-0.3, -0.25) is 9.48 Å². The highest BCUT2D eigenvalue weighted by Crippen LogP contribution is 2.21. The van der Waals surface area contributed by atoms with Crippen LogP contribution >= 0.6 is 39.1 Å². The van der Waals surface area contributed by atoms with Crippen LogP contribution in [0.1, 0.15) is 21.6 Å². The minimum atomic E-state index is -0.393. The molecule has 3 aromatic rings. The minimum Gasteiger partial charge on any atom is -0.268 e. The number of nitrogens with one attached hydrogen (secondary N) is 1. The van der Waals surface area contributed by atoms with Crippen LogP contribution in [0.4, 0.5) is 0 Å². The van der Waals surface area contributed by atoms with Crippen LogP contribution in [0, 0.1) is 0 Å². The molecule has 0 saturated heterocycles. The van der Waals surface area contributed by atoms with Crippen molar-refractivity contribution in [2.24, 2.45) is 5.10 Å². The molecule has 0 aliphatic rings. The summed E-state index contributed by atoms with van der Waals surface area (Å²) >= 11 is 15.2. The molecule has 0 unspecified atom stereocenters. The van der Waals surface area contributed by atoms with E-state index in [0.717, 1.165) is 15.6 Å². The molecule has 1 aromatic heterocycles. The summed E-state index contributed by atoms with van der Waals surface area (Å²) in [7, 11) is 0. The molecule has 1 amide bonds. The molecule has 132 valence electrons. The van der Waals surface area contributed by atoms with Crippen molar-refractivity contribution in [3.63, 3.8) is 0 Å². The highest BCUT2D eigenvalue weighted by molar-refractivity contribution is 9.10. The van der Waals surface area contributed by atoms with Crippen LogP contribution in [0.25, 0.3) is 0 Å². The van der Waals surface area contributed by atoms with Crippen molar-refractivity contribution in [3.8, 4) is 0 Å². The van der Waals surface area contributed by atoms with E-state index in [-0.39, 0.29) is 5.69 Å². The Morgan fingerprint density at radius 2 is 1.92 bits per heavy atom.